The molecule has 16 nitrogen and oxygen atoms in total. The van der Waals surface area contributed by atoms with Crippen LogP contribution in [0.1, 0.15) is 329 Å². The van der Waals surface area contributed by atoms with Crippen LogP contribution in [-0.2, 0) is 55.8 Å². The number of phosphoric ester groups is 2. The standard InChI is InChI=1S/C93H154O16P2/c1-4-7-10-13-16-19-22-25-28-31-34-37-39-41-42-43-44-46-48-50-52-55-58-61-64-67-70-73-76-79-91(96)103-82-88(94)83-105-110(99,100)106-84-89(95)85-107-111(101,102)108-87-90(109-93(98)81-78-75-72-69-66-63-60-57-54-49-36-33-30-27-24-21-18-15-12-9-6-3)86-104-92(97)80-77-74-71-68-65-62-59-56-53-51-47-45-40-38-35-32-29-26-23-20-17-14-11-8-5-2/h7,9-10,12,16-21,25-30,34-38,41-42,45,47,49,57,60,66,69,88-90,94-95H,4-6,8,11,13-15,22-24,31-33,39-40,43-44,46,48,50-56,58-59,61-65,67-68,70-87H2,1-3H3,(H,99,100)(H,101,102)/b10-7-,12-9-,19-16-,20-17-,21-18-,28-25-,29-26-,30-27-,37-34-,38-35-,42-41-,47-45-,49-36-,60-57-,69-66-. The summed E-state index contributed by atoms with van der Waals surface area (Å²) >= 11 is 0. The normalized spacial score (nSPS) is 14.8. The number of unbranched alkanes of at least 4 members (excludes halogenated alkanes) is 27. The first-order chi connectivity index (χ1) is 54.2. The van der Waals surface area contributed by atoms with E-state index in [-0.39, 0.29) is 19.3 Å². The van der Waals surface area contributed by atoms with E-state index in [9.17, 15) is 43.5 Å². The number of carbonyl (C=O) groups is 3. The summed E-state index contributed by atoms with van der Waals surface area (Å²) in [5.74, 6) is -1.64. The van der Waals surface area contributed by atoms with E-state index >= 15 is 0 Å². The van der Waals surface area contributed by atoms with E-state index in [4.69, 9.17) is 32.3 Å². The molecule has 0 bridgehead atoms. The van der Waals surface area contributed by atoms with Crippen LogP contribution in [0.4, 0.5) is 0 Å². The molecule has 0 aromatic rings. The van der Waals surface area contributed by atoms with Crippen molar-refractivity contribution >= 4 is 33.6 Å². The molecule has 111 heavy (non-hydrogen) atoms. The number of hydrogen-bond donors (Lipinski definition) is 4. The number of aliphatic hydroxyl groups is 2. The van der Waals surface area contributed by atoms with Crippen LogP contribution in [0.2, 0.25) is 0 Å². The fourth-order valence-electron chi connectivity index (χ4n) is 11.1. The summed E-state index contributed by atoms with van der Waals surface area (Å²) in [5.41, 5.74) is 0. The molecule has 5 atom stereocenters. The maximum absolute atomic E-state index is 13.0. The molecule has 0 spiro atoms. The molecular weight excluding hydrogens is 1430 g/mol. The van der Waals surface area contributed by atoms with Crippen molar-refractivity contribution < 1.29 is 75.8 Å². The van der Waals surface area contributed by atoms with E-state index in [1.807, 2.05) is 0 Å². The van der Waals surface area contributed by atoms with Crippen molar-refractivity contribution in [3.63, 3.8) is 0 Å². The summed E-state index contributed by atoms with van der Waals surface area (Å²) in [6, 6.07) is 0. The van der Waals surface area contributed by atoms with Gasteiger partial charge >= 0.3 is 33.6 Å². The largest absolute Gasteiger partial charge is 0.472 e. The molecule has 0 aromatic carbocycles. The lowest BCUT2D eigenvalue weighted by molar-refractivity contribution is -0.161. The molecule has 0 saturated heterocycles. The molecule has 0 aliphatic carbocycles. The number of ether oxygens (including phenoxy) is 3. The molecule has 0 fully saturated rings. The van der Waals surface area contributed by atoms with Crippen LogP contribution in [0.25, 0.3) is 0 Å². The van der Waals surface area contributed by atoms with Crippen LogP contribution in [-0.4, -0.2) is 95.9 Å². The third kappa shape index (κ3) is 85.4. The maximum atomic E-state index is 13.0. The topological polar surface area (TPSA) is 231 Å². The lowest BCUT2D eigenvalue weighted by atomic mass is 10.0. The Hall–Kier alpha value is -5.35. The Kier molecular flexibility index (Phi) is 80.0. The highest BCUT2D eigenvalue weighted by Crippen LogP contribution is 2.45. The minimum absolute atomic E-state index is 0.0419. The van der Waals surface area contributed by atoms with Crippen LogP contribution in [0.5, 0.6) is 0 Å². The number of carbonyl (C=O) groups excluding carboxylic acids is 3. The summed E-state index contributed by atoms with van der Waals surface area (Å²) in [6.07, 6.45) is 109. The molecule has 0 saturated carbocycles. The summed E-state index contributed by atoms with van der Waals surface area (Å²) in [6.45, 7) is 2.38. The van der Waals surface area contributed by atoms with Gasteiger partial charge in [-0.1, -0.05) is 331 Å². The second kappa shape index (κ2) is 84.1. The number of phosphoric acid groups is 2. The predicted octanol–water partition coefficient (Wildman–Crippen LogP) is 26.1. The number of aliphatic hydroxyl groups excluding tert-OH is 2. The zero-order chi connectivity index (χ0) is 80.8. The maximum Gasteiger partial charge on any atom is 0.472 e. The highest BCUT2D eigenvalue weighted by Gasteiger charge is 2.29. The van der Waals surface area contributed by atoms with Crippen molar-refractivity contribution in [2.24, 2.45) is 0 Å². The number of rotatable bonds is 80. The molecule has 0 amide bonds. The van der Waals surface area contributed by atoms with Crippen LogP contribution in [0.15, 0.2) is 182 Å². The molecule has 0 rings (SSSR count). The summed E-state index contributed by atoms with van der Waals surface area (Å²) in [5, 5.41) is 20.7. The van der Waals surface area contributed by atoms with Crippen molar-refractivity contribution in [3.8, 4) is 0 Å². The van der Waals surface area contributed by atoms with Crippen molar-refractivity contribution in [1.82, 2.24) is 0 Å². The van der Waals surface area contributed by atoms with Gasteiger partial charge in [0.25, 0.3) is 0 Å². The van der Waals surface area contributed by atoms with Crippen molar-refractivity contribution in [3.05, 3.63) is 182 Å². The van der Waals surface area contributed by atoms with E-state index < -0.39 is 91.5 Å². The van der Waals surface area contributed by atoms with Gasteiger partial charge in [0.2, 0.25) is 0 Å². The van der Waals surface area contributed by atoms with E-state index in [1.54, 1.807) is 0 Å². The second-order valence-corrected chi connectivity index (χ2v) is 31.1. The highest BCUT2D eigenvalue weighted by molar-refractivity contribution is 7.47. The fraction of sp³-hybridized carbons (Fsp3) is 0.645. The first-order valence-electron chi connectivity index (χ1n) is 43.1. The second-order valence-electron chi connectivity index (χ2n) is 28.2. The molecule has 5 unspecified atom stereocenters. The van der Waals surface area contributed by atoms with Crippen molar-refractivity contribution in [1.29, 1.82) is 0 Å². The van der Waals surface area contributed by atoms with Gasteiger partial charge in [0.15, 0.2) is 6.10 Å². The van der Waals surface area contributed by atoms with E-state index in [0.717, 1.165) is 154 Å². The molecular formula is C93H154O16P2. The van der Waals surface area contributed by atoms with Gasteiger partial charge < -0.3 is 34.2 Å². The first-order valence-corrected chi connectivity index (χ1v) is 46.1. The Morgan fingerprint density at radius 1 is 0.261 bits per heavy atom. The monoisotopic (exact) mass is 1590 g/mol. The van der Waals surface area contributed by atoms with Gasteiger partial charge in [-0.15, -0.1) is 0 Å². The minimum Gasteiger partial charge on any atom is -0.463 e. The Morgan fingerprint density at radius 3 is 0.775 bits per heavy atom. The molecule has 0 aliphatic heterocycles. The van der Waals surface area contributed by atoms with Crippen LogP contribution < -0.4 is 0 Å². The van der Waals surface area contributed by atoms with Gasteiger partial charge in [0, 0.05) is 19.3 Å². The Bertz CT molecular complexity index is 2750. The summed E-state index contributed by atoms with van der Waals surface area (Å²) in [7, 11) is -9.83. The van der Waals surface area contributed by atoms with Crippen molar-refractivity contribution in [2.75, 3.05) is 39.6 Å². The summed E-state index contributed by atoms with van der Waals surface area (Å²) in [4.78, 5) is 58.9. The van der Waals surface area contributed by atoms with Gasteiger partial charge in [0.1, 0.15) is 25.4 Å². The highest BCUT2D eigenvalue weighted by atomic mass is 31.2. The number of allylic oxidation sites excluding steroid dienone is 30. The smallest absolute Gasteiger partial charge is 0.463 e. The number of hydrogen-bond acceptors (Lipinski definition) is 14. The van der Waals surface area contributed by atoms with Gasteiger partial charge in [-0.3, -0.25) is 32.5 Å². The zero-order valence-electron chi connectivity index (χ0n) is 69.3. The summed E-state index contributed by atoms with van der Waals surface area (Å²) < 4.78 is 61.3. The van der Waals surface area contributed by atoms with Gasteiger partial charge in [-0.05, 0) is 161 Å². The van der Waals surface area contributed by atoms with E-state index in [0.29, 0.717) is 25.7 Å². The van der Waals surface area contributed by atoms with Crippen LogP contribution >= 0.6 is 15.6 Å². The van der Waals surface area contributed by atoms with Gasteiger partial charge in [-0.2, -0.15) is 0 Å². The fourth-order valence-corrected chi connectivity index (χ4v) is 12.7. The van der Waals surface area contributed by atoms with Gasteiger partial charge in [-0.25, -0.2) is 9.13 Å². The SMILES string of the molecule is CC/C=C\C/C=C\C/C=C\C/C=C\C/C=C\C/C=C\CCCCC(=O)OC(COC(=O)CCCCCCCCCCC/C=C\C/C=C\C/C=C\C/C=C\CCCCC)COP(=O)(O)OCC(O)COP(=O)(O)OCC(O)COC(=O)CCCCCCCCCCCCCCC/C=C\C/C=C\C/C=C\C/C=C\C/C=C\CC. The molecule has 632 valence electrons. The van der Waals surface area contributed by atoms with Crippen LogP contribution in [0.3, 0.4) is 0 Å². The Labute approximate surface area is 675 Å². The predicted molar refractivity (Wildman–Crippen MR) is 463 cm³/mol. The molecule has 0 radical (unpaired) electrons. The quantitative estimate of drug-likeness (QED) is 0.0146. The third-order valence-corrected chi connectivity index (χ3v) is 19.5. The first kappa shape index (κ1) is 106. The van der Waals surface area contributed by atoms with E-state index in [1.165, 1.54) is 109 Å². The average Bonchev–Trinajstić information content (AvgIpc) is 0.903. The molecule has 4 N–H and O–H groups in total. The Morgan fingerprint density at radius 2 is 0.477 bits per heavy atom. The van der Waals surface area contributed by atoms with Crippen molar-refractivity contribution in [2.45, 2.75) is 347 Å². The lowest BCUT2D eigenvalue weighted by Crippen LogP contribution is -2.30. The third-order valence-electron chi connectivity index (χ3n) is 17.6. The molecule has 0 heterocycles. The van der Waals surface area contributed by atoms with E-state index in [2.05, 4.69) is 203 Å². The van der Waals surface area contributed by atoms with Crippen LogP contribution in [0, 0.1) is 0 Å². The molecule has 0 aliphatic rings. The molecule has 18 heteroatoms. The zero-order valence-corrected chi connectivity index (χ0v) is 71.1. The van der Waals surface area contributed by atoms with Gasteiger partial charge in [0.05, 0.1) is 26.4 Å². The molecule has 0 aromatic heterocycles. The Balaban J connectivity index is 4.67. The minimum atomic E-state index is -4.96. The lowest BCUT2D eigenvalue weighted by Gasteiger charge is -2.21. The average molecular weight is 1590 g/mol. The number of esters is 3.